The highest BCUT2D eigenvalue weighted by molar-refractivity contribution is 6.01. The van der Waals surface area contributed by atoms with E-state index in [4.69, 9.17) is 0 Å². The molecule has 1 aliphatic rings. The molecule has 0 atom stereocenters. The second-order valence-electron chi connectivity index (χ2n) is 3.24. The summed E-state index contributed by atoms with van der Waals surface area (Å²) in [7, 11) is 0. The Kier molecular flexibility index (Phi) is 2.15. The molecule has 0 N–H and O–H groups in total. The van der Waals surface area contributed by atoms with Crippen LogP contribution in [0, 0.1) is 11.6 Å². The average Bonchev–Trinajstić information content (AvgIpc) is 2.57. The first-order valence-corrected chi connectivity index (χ1v) is 4.36. The van der Waals surface area contributed by atoms with Gasteiger partial charge in [-0.15, -0.1) is 0 Å². The van der Waals surface area contributed by atoms with Crippen LogP contribution in [-0.4, -0.2) is 5.78 Å². The molecule has 0 spiro atoms. The van der Waals surface area contributed by atoms with Gasteiger partial charge in [-0.3, -0.25) is 4.79 Å². The Hall–Kier alpha value is -1.51. The van der Waals surface area contributed by atoms with Gasteiger partial charge in [0.25, 0.3) is 0 Å². The molecule has 72 valence electrons. The zero-order chi connectivity index (χ0) is 10.1. The molecule has 14 heavy (non-hydrogen) atoms. The van der Waals surface area contributed by atoms with Gasteiger partial charge in [-0.05, 0) is 24.1 Å². The summed E-state index contributed by atoms with van der Waals surface area (Å²) in [4.78, 5) is 10.9. The third-order valence-corrected chi connectivity index (χ3v) is 2.27. The quantitative estimate of drug-likeness (QED) is 0.671. The van der Waals surface area contributed by atoms with Gasteiger partial charge in [-0.25, -0.2) is 8.78 Å². The van der Waals surface area contributed by atoms with Crippen LogP contribution in [0.4, 0.5) is 8.78 Å². The largest absolute Gasteiger partial charge is 0.295 e. The van der Waals surface area contributed by atoms with E-state index in [0.29, 0.717) is 18.4 Å². The maximum Gasteiger partial charge on any atom is 0.166 e. The fourth-order valence-corrected chi connectivity index (χ4v) is 1.56. The van der Waals surface area contributed by atoms with Gasteiger partial charge in [-0.2, -0.15) is 0 Å². The fourth-order valence-electron chi connectivity index (χ4n) is 1.56. The van der Waals surface area contributed by atoms with Gasteiger partial charge >= 0.3 is 0 Å². The number of rotatable bonds is 1. The smallest absolute Gasteiger partial charge is 0.166 e. The van der Waals surface area contributed by atoms with Gasteiger partial charge in [0.15, 0.2) is 17.4 Å². The number of halogens is 2. The first kappa shape index (κ1) is 9.06. The van der Waals surface area contributed by atoms with Crippen LogP contribution in [0.25, 0.3) is 5.57 Å². The van der Waals surface area contributed by atoms with Gasteiger partial charge in [0.05, 0.1) is 0 Å². The van der Waals surface area contributed by atoms with E-state index in [9.17, 15) is 13.6 Å². The molecule has 1 nitrogen and oxygen atoms in total. The Labute approximate surface area is 80.1 Å². The summed E-state index contributed by atoms with van der Waals surface area (Å²) in [5, 5.41) is 0. The van der Waals surface area contributed by atoms with E-state index in [2.05, 4.69) is 0 Å². The molecular formula is C11H8F2O. The molecule has 0 heterocycles. The van der Waals surface area contributed by atoms with E-state index in [0.717, 1.165) is 6.07 Å². The molecule has 0 aliphatic heterocycles. The van der Waals surface area contributed by atoms with E-state index in [1.807, 2.05) is 0 Å². The van der Waals surface area contributed by atoms with Crippen molar-refractivity contribution in [3.05, 3.63) is 41.5 Å². The normalized spacial score (nSPS) is 15.9. The van der Waals surface area contributed by atoms with E-state index in [-0.39, 0.29) is 11.3 Å². The lowest BCUT2D eigenvalue weighted by molar-refractivity contribution is -0.114. The maximum absolute atomic E-state index is 13.3. The second kappa shape index (κ2) is 3.33. The van der Waals surface area contributed by atoms with Crippen LogP contribution in [0.2, 0.25) is 0 Å². The molecule has 0 radical (unpaired) electrons. The molecular weight excluding hydrogens is 186 g/mol. The Morgan fingerprint density at radius 3 is 2.57 bits per heavy atom. The molecule has 0 aromatic heterocycles. The number of hydrogen-bond donors (Lipinski definition) is 0. The molecule has 0 fully saturated rings. The summed E-state index contributed by atoms with van der Waals surface area (Å²) in [6.45, 7) is 0. The van der Waals surface area contributed by atoms with E-state index in [1.54, 1.807) is 0 Å². The summed E-state index contributed by atoms with van der Waals surface area (Å²) in [5.74, 6) is -1.76. The highest BCUT2D eigenvalue weighted by atomic mass is 19.2. The lowest BCUT2D eigenvalue weighted by atomic mass is 10.0. The van der Waals surface area contributed by atoms with Crippen molar-refractivity contribution in [3.8, 4) is 0 Å². The number of hydrogen-bond acceptors (Lipinski definition) is 1. The molecule has 0 amide bonds. The minimum atomic E-state index is -0.872. The highest BCUT2D eigenvalue weighted by Crippen LogP contribution is 2.28. The molecule has 0 unspecified atom stereocenters. The monoisotopic (exact) mass is 194 g/mol. The number of carbonyl (C=O) groups is 1. The first-order valence-electron chi connectivity index (χ1n) is 4.36. The first-order chi connectivity index (χ1) is 6.68. The summed E-state index contributed by atoms with van der Waals surface area (Å²) in [6.07, 6.45) is 2.28. The van der Waals surface area contributed by atoms with Crippen LogP contribution in [0.15, 0.2) is 24.3 Å². The van der Waals surface area contributed by atoms with Crippen LogP contribution < -0.4 is 0 Å². The molecule has 3 heteroatoms. The number of carbonyl (C=O) groups excluding carboxylic acids is 1. The molecule has 1 aromatic carbocycles. The zero-order valence-electron chi connectivity index (χ0n) is 7.39. The van der Waals surface area contributed by atoms with E-state index in [1.165, 1.54) is 18.2 Å². The Bertz CT molecular complexity index is 421. The lowest BCUT2D eigenvalue weighted by Crippen LogP contribution is -1.91. The van der Waals surface area contributed by atoms with Crippen LogP contribution in [0.5, 0.6) is 0 Å². The van der Waals surface area contributed by atoms with Gasteiger partial charge in [0, 0.05) is 12.0 Å². The predicted octanol–water partition coefficient (Wildman–Crippen LogP) is 2.71. The Balaban J connectivity index is 2.47. The van der Waals surface area contributed by atoms with E-state index < -0.39 is 11.6 Å². The van der Waals surface area contributed by atoms with Crippen molar-refractivity contribution >= 4 is 11.4 Å². The summed E-state index contributed by atoms with van der Waals surface area (Å²) in [5.41, 5.74) is 0.794. The lowest BCUT2D eigenvalue weighted by Gasteiger charge is -2.03. The van der Waals surface area contributed by atoms with Crippen molar-refractivity contribution in [1.29, 1.82) is 0 Å². The minimum Gasteiger partial charge on any atom is -0.295 e. The fraction of sp³-hybridized carbons (Fsp3) is 0.182. The second-order valence-corrected chi connectivity index (χ2v) is 3.24. The van der Waals surface area contributed by atoms with Crippen molar-refractivity contribution < 1.29 is 13.6 Å². The number of allylic oxidation sites excluding steroid dienone is 2. The minimum absolute atomic E-state index is 0.0244. The molecule has 0 saturated carbocycles. The zero-order valence-corrected chi connectivity index (χ0v) is 7.39. The van der Waals surface area contributed by atoms with Crippen LogP contribution in [0.1, 0.15) is 18.4 Å². The molecule has 2 rings (SSSR count). The predicted molar refractivity (Wildman–Crippen MR) is 48.6 cm³/mol. The number of ketones is 1. The Morgan fingerprint density at radius 1 is 1.14 bits per heavy atom. The average molecular weight is 194 g/mol. The van der Waals surface area contributed by atoms with Crippen molar-refractivity contribution in [3.63, 3.8) is 0 Å². The maximum atomic E-state index is 13.3. The van der Waals surface area contributed by atoms with Crippen molar-refractivity contribution in [2.75, 3.05) is 0 Å². The van der Waals surface area contributed by atoms with Gasteiger partial charge in [-0.1, -0.05) is 12.1 Å². The van der Waals surface area contributed by atoms with Crippen molar-refractivity contribution in [1.82, 2.24) is 0 Å². The molecule has 0 saturated heterocycles. The van der Waals surface area contributed by atoms with Crippen LogP contribution in [0.3, 0.4) is 0 Å². The third-order valence-electron chi connectivity index (χ3n) is 2.27. The van der Waals surface area contributed by atoms with Gasteiger partial charge in [0.2, 0.25) is 0 Å². The summed E-state index contributed by atoms with van der Waals surface area (Å²) in [6, 6.07) is 4.00. The van der Waals surface area contributed by atoms with Crippen LogP contribution in [-0.2, 0) is 4.79 Å². The topological polar surface area (TPSA) is 17.1 Å². The van der Waals surface area contributed by atoms with Crippen LogP contribution >= 0.6 is 0 Å². The van der Waals surface area contributed by atoms with Gasteiger partial charge < -0.3 is 0 Å². The Morgan fingerprint density at radius 2 is 1.93 bits per heavy atom. The number of benzene rings is 1. The SMILES string of the molecule is O=C1C=C(c2cccc(F)c2F)CC1. The molecule has 1 aromatic rings. The standard InChI is InChI=1S/C11H8F2O/c12-10-3-1-2-9(11(10)13)7-4-5-8(14)6-7/h1-3,6H,4-5H2. The van der Waals surface area contributed by atoms with Crippen molar-refractivity contribution in [2.45, 2.75) is 12.8 Å². The van der Waals surface area contributed by atoms with Gasteiger partial charge in [0.1, 0.15) is 0 Å². The summed E-state index contributed by atoms with van der Waals surface area (Å²) >= 11 is 0. The molecule has 0 bridgehead atoms. The van der Waals surface area contributed by atoms with Crippen molar-refractivity contribution in [2.24, 2.45) is 0 Å². The van der Waals surface area contributed by atoms with E-state index >= 15 is 0 Å². The summed E-state index contributed by atoms with van der Waals surface area (Å²) < 4.78 is 26.1. The molecule has 1 aliphatic carbocycles. The highest BCUT2D eigenvalue weighted by Gasteiger charge is 2.17. The third kappa shape index (κ3) is 1.45.